The normalized spacial score (nSPS) is 12.9. The van der Waals surface area contributed by atoms with E-state index in [4.69, 9.17) is 4.42 Å². The maximum absolute atomic E-state index is 14.8. The third-order valence-electron chi connectivity index (χ3n) is 4.10. The Bertz CT molecular complexity index is 1110. The lowest BCUT2D eigenvalue weighted by atomic mass is 10.1. The van der Waals surface area contributed by atoms with E-state index in [0.717, 1.165) is 6.07 Å². The van der Waals surface area contributed by atoms with Gasteiger partial charge in [-0.1, -0.05) is 28.1 Å². The summed E-state index contributed by atoms with van der Waals surface area (Å²) in [7, 11) is 1.47. The molecular weight excluding hydrogens is 456 g/mol. The average Bonchev–Trinajstić information content (AvgIpc) is 3.11. The Morgan fingerprint density at radius 1 is 1.17 bits per heavy atom. The first kappa shape index (κ1) is 21.0. The van der Waals surface area contributed by atoms with Crippen LogP contribution in [0.3, 0.4) is 0 Å². The Morgan fingerprint density at radius 3 is 2.62 bits per heavy atom. The zero-order valence-electron chi connectivity index (χ0n) is 15.3. The largest absolute Gasteiger partial charge is 0.452 e. The fourth-order valence-corrected chi connectivity index (χ4v) is 3.11. The van der Waals surface area contributed by atoms with E-state index in [9.17, 15) is 17.6 Å². The molecule has 0 spiro atoms. The molecule has 0 aliphatic heterocycles. The minimum absolute atomic E-state index is 0.0200. The molecule has 0 unspecified atom stereocenters. The minimum Gasteiger partial charge on any atom is -0.452 e. The number of nitrogens with zero attached hydrogens (tertiary/aromatic N) is 3. The third kappa shape index (κ3) is 4.64. The van der Waals surface area contributed by atoms with Gasteiger partial charge in [0.15, 0.2) is 17.2 Å². The van der Waals surface area contributed by atoms with Gasteiger partial charge < -0.3 is 9.73 Å². The van der Waals surface area contributed by atoms with Crippen molar-refractivity contribution in [2.24, 2.45) is 15.4 Å². The molecule has 5 nitrogen and oxygen atoms in total. The summed E-state index contributed by atoms with van der Waals surface area (Å²) in [6, 6.07) is 8.57. The molecule has 152 valence electrons. The van der Waals surface area contributed by atoms with Gasteiger partial charge >= 0.3 is 6.18 Å². The summed E-state index contributed by atoms with van der Waals surface area (Å²) in [6.07, 6.45) is -4.50. The van der Waals surface area contributed by atoms with Crippen molar-refractivity contribution in [2.75, 3.05) is 12.4 Å². The minimum atomic E-state index is -4.50. The molecule has 1 N–H and O–H groups in total. The van der Waals surface area contributed by atoms with Gasteiger partial charge in [0.25, 0.3) is 0 Å². The van der Waals surface area contributed by atoms with Crippen molar-refractivity contribution in [1.82, 2.24) is 0 Å². The van der Waals surface area contributed by atoms with Crippen LogP contribution in [0.5, 0.6) is 0 Å². The van der Waals surface area contributed by atoms with Crippen molar-refractivity contribution in [2.45, 2.75) is 19.6 Å². The molecule has 0 bridgehead atoms. The van der Waals surface area contributed by atoms with Crippen LogP contribution in [0.4, 0.5) is 23.2 Å². The van der Waals surface area contributed by atoms with Gasteiger partial charge in [-0.15, -0.1) is 5.10 Å². The number of rotatable bonds is 5. The second kappa shape index (κ2) is 8.32. The van der Waals surface area contributed by atoms with Crippen LogP contribution in [0.25, 0.3) is 11.0 Å². The fraction of sp³-hybridized carbons (Fsp3) is 0.211. The molecular formula is C19H15BrF4N4O. The molecule has 0 saturated carbocycles. The molecule has 0 aliphatic carbocycles. The molecule has 0 fully saturated rings. The summed E-state index contributed by atoms with van der Waals surface area (Å²) in [5.74, 6) is -0.251. The lowest BCUT2D eigenvalue weighted by Gasteiger charge is -2.13. The molecule has 0 atom stereocenters. The highest BCUT2D eigenvalue weighted by Crippen LogP contribution is 2.36. The molecule has 1 heterocycles. The average molecular weight is 471 g/mol. The van der Waals surface area contributed by atoms with Crippen molar-refractivity contribution in [3.63, 3.8) is 0 Å². The van der Waals surface area contributed by atoms with Crippen LogP contribution in [-0.4, -0.2) is 12.8 Å². The van der Waals surface area contributed by atoms with Gasteiger partial charge in [-0.05, 0) is 36.4 Å². The summed E-state index contributed by atoms with van der Waals surface area (Å²) in [6.45, 7) is 1.63. The number of halogens is 5. The number of alkyl halides is 3. The highest BCUT2D eigenvalue weighted by molar-refractivity contribution is 9.10. The van der Waals surface area contributed by atoms with E-state index < -0.39 is 17.6 Å². The molecule has 10 heteroatoms. The summed E-state index contributed by atoms with van der Waals surface area (Å²) >= 11 is 2.89. The zero-order valence-corrected chi connectivity index (χ0v) is 16.9. The first-order chi connectivity index (χ1) is 13.7. The Labute approximate surface area is 171 Å². The summed E-state index contributed by atoms with van der Waals surface area (Å²) < 4.78 is 59.4. The fourth-order valence-electron chi connectivity index (χ4n) is 2.64. The van der Waals surface area contributed by atoms with E-state index >= 15 is 0 Å². The summed E-state index contributed by atoms with van der Waals surface area (Å²) in [4.78, 5) is 0. The van der Waals surface area contributed by atoms with Gasteiger partial charge in [-0.2, -0.15) is 18.3 Å². The molecule has 0 saturated heterocycles. The van der Waals surface area contributed by atoms with Crippen LogP contribution in [0.2, 0.25) is 0 Å². The summed E-state index contributed by atoms with van der Waals surface area (Å²) in [5, 5.41) is 14.2. The van der Waals surface area contributed by atoms with E-state index in [-0.39, 0.29) is 27.9 Å². The van der Waals surface area contributed by atoms with Gasteiger partial charge in [0.1, 0.15) is 5.71 Å². The molecule has 1 aromatic heterocycles. The predicted octanol–water partition coefficient (Wildman–Crippen LogP) is 6.77. The second-order valence-corrected chi connectivity index (χ2v) is 6.94. The van der Waals surface area contributed by atoms with E-state index in [1.54, 1.807) is 25.1 Å². The number of anilines is 1. The number of fused-ring (bicyclic) bond motifs is 1. The van der Waals surface area contributed by atoms with Gasteiger partial charge in [-0.3, -0.25) is 0 Å². The maximum atomic E-state index is 14.8. The van der Waals surface area contributed by atoms with Gasteiger partial charge in [-0.25, -0.2) is 4.39 Å². The topological polar surface area (TPSA) is 62.2 Å². The molecule has 0 aliphatic rings. The first-order valence-electron chi connectivity index (χ1n) is 8.36. The molecule has 2 aromatic carbocycles. The van der Waals surface area contributed by atoms with Crippen LogP contribution < -0.4 is 5.32 Å². The standard InChI is InChI=1S/C19H15BrF4N4O/c1-10(27-28-25-2)16-7-11-3-4-12(17(21)18(11)29-16)9-26-13-5-6-15(20)14(8-13)19(22,23)24/h3-8,26H,9H2,1-2H3/b27-10-,28-25?. The van der Waals surface area contributed by atoms with Gasteiger partial charge in [0.05, 0.1) is 12.6 Å². The van der Waals surface area contributed by atoms with E-state index in [1.807, 2.05) is 0 Å². The maximum Gasteiger partial charge on any atom is 0.417 e. The zero-order chi connectivity index (χ0) is 21.2. The predicted molar refractivity (Wildman–Crippen MR) is 106 cm³/mol. The second-order valence-electron chi connectivity index (χ2n) is 6.09. The van der Waals surface area contributed by atoms with Crippen molar-refractivity contribution < 1.29 is 22.0 Å². The highest BCUT2D eigenvalue weighted by Gasteiger charge is 2.33. The lowest BCUT2D eigenvalue weighted by Crippen LogP contribution is -2.08. The number of benzene rings is 2. The van der Waals surface area contributed by atoms with Crippen molar-refractivity contribution in [1.29, 1.82) is 0 Å². The van der Waals surface area contributed by atoms with E-state index in [2.05, 4.69) is 36.7 Å². The van der Waals surface area contributed by atoms with Crippen molar-refractivity contribution in [3.8, 4) is 0 Å². The third-order valence-corrected chi connectivity index (χ3v) is 4.79. The van der Waals surface area contributed by atoms with E-state index in [1.165, 1.54) is 19.2 Å². The highest BCUT2D eigenvalue weighted by atomic mass is 79.9. The number of furan rings is 1. The quantitative estimate of drug-likeness (QED) is 0.193. The lowest BCUT2D eigenvalue weighted by molar-refractivity contribution is -0.138. The van der Waals surface area contributed by atoms with Crippen LogP contribution in [0, 0.1) is 5.82 Å². The Balaban J connectivity index is 1.85. The van der Waals surface area contributed by atoms with Gasteiger partial charge in [0, 0.05) is 27.7 Å². The van der Waals surface area contributed by atoms with Gasteiger partial charge in [0.2, 0.25) is 0 Å². The Morgan fingerprint density at radius 2 is 1.93 bits per heavy atom. The smallest absolute Gasteiger partial charge is 0.417 e. The number of nitrogens with one attached hydrogen (secondary N) is 1. The summed E-state index contributed by atoms with van der Waals surface area (Å²) in [5.41, 5.74) is 0.119. The molecule has 29 heavy (non-hydrogen) atoms. The van der Waals surface area contributed by atoms with E-state index in [0.29, 0.717) is 16.9 Å². The molecule has 0 amide bonds. The number of hydrogen-bond acceptors (Lipinski definition) is 4. The van der Waals surface area contributed by atoms with Crippen molar-refractivity contribution in [3.05, 3.63) is 63.6 Å². The van der Waals surface area contributed by atoms with Crippen LogP contribution in [0.15, 0.2) is 60.7 Å². The molecule has 3 aromatic rings. The van der Waals surface area contributed by atoms with Crippen LogP contribution >= 0.6 is 15.9 Å². The SMILES string of the molecule is CN=N/N=C(/C)c1cc2ccc(CNc3ccc(Br)c(C(F)(F)F)c3)c(F)c2o1. The Kier molecular flexibility index (Phi) is 6.02. The monoisotopic (exact) mass is 470 g/mol. The number of hydrogen-bond donors (Lipinski definition) is 1. The van der Waals surface area contributed by atoms with Crippen LogP contribution in [0.1, 0.15) is 23.8 Å². The van der Waals surface area contributed by atoms with Crippen LogP contribution in [-0.2, 0) is 12.7 Å². The Hall–Kier alpha value is -2.75. The molecule has 0 radical (unpaired) electrons. The molecule has 3 rings (SSSR count). The first-order valence-corrected chi connectivity index (χ1v) is 9.15. The van der Waals surface area contributed by atoms with Crippen molar-refractivity contribution >= 4 is 38.3 Å².